The Hall–Kier alpha value is -1.95. The highest BCUT2D eigenvalue weighted by atomic mass is 19.1. The number of methoxy groups -OCH3 is 1. The Balaban J connectivity index is 2.31. The van der Waals surface area contributed by atoms with Gasteiger partial charge in [0.2, 0.25) is 6.39 Å². The summed E-state index contributed by atoms with van der Waals surface area (Å²) in [4.78, 5) is 3.81. The summed E-state index contributed by atoms with van der Waals surface area (Å²) < 4.78 is 22.8. The number of rotatable bonds is 3. The van der Waals surface area contributed by atoms with Crippen LogP contribution in [0, 0.1) is 5.82 Å². The van der Waals surface area contributed by atoms with Crippen LogP contribution in [0.25, 0.3) is 0 Å². The maximum Gasteiger partial charge on any atom is 0.213 e. The quantitative estimate of drug-likeness (QED) is 0.848. The second-order valence-corrected chi connectivity index (χ2v) is 3.16. The predicted octanol–water partition coefficient (Wildman–Crippen LogP) is 1.27. The van der Waals surface area contributed by atoms with Gasteiger partial charge in [-0.2, -0.15) is 4.98 Å². The van der Waals surface area contributed by atoms with Crippen molar-refractivity contribution in [2.75, 3.05) is 7.11 Å². The zero-order valence-corrected chi connectivity index (χ0v) is 8.55. The first-order chi connectivity index (χ1) is 7.72. The average molecular weight is 223 g/mol. The summed E-state index contributed by atoms with van der Waals surface area (Å²) in [7, 11) is 1.40. The third-order valence-electron chi connectivity index (χ3n) is 2.19. The van der Waals surface area contributed by atoms with E-state index in [0.717, 1.165) is 0 Å². The maximum absolute atomic E-state index is 13.4. The van der Waals surface area contributed by atoms with Crippen LogP contribution in [0.3, 0.4) is 0 Å². The van der Waals surface area contributed by atoms with Crippen molar-refractivity contribution in [3.63, 3.8) is 0 Å². The lowest BCUT2D eigenvalue weighted by atomic mass is 10.1. The molecule has 0 amide bonds. The second kappa shape index (κ2) is 4.28. The van der Waals surface area contributed by atoms with Crippen LogP contribution in [-0.4, -0.2) is 17.3 Å². The minimum absolute atomic E-state index is 0.170. The Kier molecular flexibility index (Phi) is 2.82. The molecular weight excluding hydrogens is 213 g/mol. The summed E-state index contributed by atoms with van der Waals surface area (Å²) in [5.74, 6) is 0.00701. The summed E-state index contributed by atoms with van der Waals surface area (Å²) in [6.45, 7) is 0. The van der Waals surface area contributed by atoms with Gasteiger partial charge in [-0.3, -0.25) is 0 Å². The molecule has 2 aromatic rings. The minimum Gasteiger partial charge on any atom is -0.494 e. The largest absolute Gasteiger partial charge is 0.494 e. The molecule has 0 aliphatic carbocycles. The van der Waals surface area contributed by atoms with Crippen molar-refractivity contribution >= 4 is 0 Å². The number of aromatic nitrogens is 2. The fraction of sp³-hybridized carbons (Fsp3) is 0.200. The Morgan fingerprint density at radius 2 is 2.31 bits per heavy atom. The van der Waals surface area contributed by atoms with E-state index in [1.165, 1.54) is 25.6 Å². The first kappa shape index (κ1) is 10.6. The van der Waals surface area contributed by atoms with Crippen molar-refractivity contribution in [3.05, 3.63) is 41.8 Å². The van der Waals surface area contributed by atoms with Crippen LogP contribution in [0.1, 0.15) is 17.4 Å². The van der Waals surface area contributed by atoms with E-state index >= 15 is 0 Å². The number of ether oxygens (including phenoxy) is 1. The molecule has 6 heteroatoms. The molecule has 1 aromatic carbocycles. The zero-order chi connectivity index (χ0) is 11.5. The molecule has 0 saturated carbocycles. The van der Waals surface area contributed by atoms with Gasteiger partial charge in [-0.25, -0.2) is 4.39 Å². The van der Waals surface area contributed by atoms with Crippen LogP contribution < -0.4 is 10.5 Å². The van der Waals surface area contributed by atoms with E-state index in [-0.39, 0.29) is 5.75 Å². The molecule has 0 aliphatic heterocycles. The lowest BCUT2D eigenvalue weighted by molar-refractivity contribution is 0.385. The molecule has 0 saturated heterocycles. The standard InChI is InChI=1S/C10H10FN3O2/c1-15-8-3-2-6(4-7(8)11)9(12)10-13-5-16-14-10/h2-5,9H,12H2,1H3. The van der Waals surface area contributed by atoms with E-state index in [1.54, 1.807) is 6.07 Å². The monoisotopic (exact) mass is 223 g/mol. The smallest absolute Gasteiger partial charge is 0.213 e. The van der Waals surface area contributed by atoms with Crippen LogP contribution in [0.15, 0.2) is 29.1 Å². The van der Waals surface area contributed by atoms with Gasteiger partial charge in [-0.05, 0) is 17.7 Å². The Labute approximate surface area is 91.0 Å². The van der Waals surface area contributed by atoms with Crippen LogP contribution in [-0.2, 0) is 0 Å². The van der Waals surface area contributed by atoms with Gasteiger partial charge in [0.25, 0.3) is 0 Å². The summed E-state index contributed by atoms with van der Waals surface area (Å²) in [6, 6.07) is 3.84. The van der Waals surface area contributed by atoms with Gasteiger partial charge in [-0.1, -0.05) is 11.2 Å². The third kappa shape index (κ3) is 1.87. The lowest BCUT2D eigenvalue weighted by Crippen LogP contribution is -2.13. The number of hydrogen-bond acceptors (Lipinski definition) is 5. The fourth-order valence-corrected chi connectivity index (χ4v) is 1.34. The zero-order valence-electron chi connectivity index (χ0n) is 8.55. The van der Waals surface area contributed by atoms with E-state index in [4.69, 9.17) is 10.5 Å². The fourth-order valence-electron chi connectivity index (χ4n) is 1.34. The summed E-state index contributed by atoms with van der Waals surface area (Å²) in [6.07, 6.45) is 1.18. The van der Waals surface area contributed by atoms with E-state index in [1.807, 2.05) is 0 Å². The molecule has 0 aliphatic rings. The molecule has 2 N–H and O–H groups in total. The van der Waals surface area contributed by atoms with E-state index in [9.17, 15) is 4.39 Å². The van der Waals surface area contributed by atoms with Gasteiger partial charge >= 0.3 is 0 Å². The Bertz CT molecular complexity index is 473. The maximum atomic E-state index is 13.4. The number of benzene rings is 1. The minimum atomic E-state index is -0.612. The van der Waals surface area contributed by atoms with Crippen molar-refractivity contribution in [2.45, 2.75) is 6.04 Å². The third-order valence-corrected chi connectivity index (χ3v) is 2.19. The molecule has 0 fully saturated rings. The molecule has 5 nitrogen and oxygen atoms in total. The van der Waals surface area contributed by atoms with Gasteiger partial charge in [0.05, 0.1) is 13.2 Å². The van der Waals surface area contributed by atoms with Crippen molar-refractivity contribution in [2.24, 2.45) is 5.73 Å². The molecule has 1 aromatic heterocycles. The normalized spacial score (nSPS) is 12.4. The highest BCUT2D eigenvalue weighted by Crippen LogP contribution is 2.22. The number of hydrogen-bond donors (Lipinski definition) is 1. The van der Waals surface area contributed by atoms with Gasteiger partial charge in [-0.15, -0.1) is 0 Å². The number of halogens is 1. The van der Waals surface area contributed by atoms with Crippen molar-refractivity contribution in [1.29, 1.82) is 0 Å². The Morgan fingerprint density at radius 3 is 2.88 bits per heavy atom. The molecule has 0 bridgehead atoms. The van der Waals surface area contributed by atoms with E-state index in [2.05, 4.69) is 14.7 Å². The van der Waals surface area contributed by atoms with Crippen LogP contribution in [0.4, 0.5) is 4.39 Å². The van der Waals surface area contributed by atoms with Gasteiger partial charge in [0.15, 0.2) is 17.4 Å². The SMILES string of the molecule is COc1ccc(C(N)c2ncon2)cc1F. The van der Waals surface area contributed by atoms with E-state index < -0.39 is 11.9 Å². The Morgan fingerprint density at radius 1 is 1.50 bits per heavy atom. The highest BCUT2D eigenvalue weighted by Gasteiger charge is 2.15. The predicted molar refractivity (Wildman–Crippen MR) is 53.3 cm³/mol. The molecule has 1 heterocycles. The molecular formula is C10H10FN3O2. The summed E-state index contributed by atoms with van der Waals surface area (Å²) in [5.41, 5.74) is 6.38. The highest BCUT2D eigenvalue weighted by molar-refractivity contribution is 5.32. The van der Waals surface area contributed by atoms with Crippen LogP contribution >= 0.6 is 0 Å². The van der Waals surface area contributed by atoms with Gasteiger partial charge in [0.1, 0.15) is 0 Å². The van der Waals surface area contributed by atoms with Crippen molar-refractivity contribution < 1.29 is 13.7 Å². The van der Waals surface area contributed by atoms with Crippen LogP contribution in [0.2, 0.25) is 0 Å². The topological polar surface area (TPSA) is 74.2 Å². The molecule has 0 spiro atoms. The molecule has 1 unspecified atom stereocenters. The second-order valence-electron chi connectivity index (χ2n) is 3.16. The lowest BCUT2D eigenvalue weighted by Gasteiger charge is -2.09. The summed E-state index contributed by atoms with van der Waals surface area (Å²) in [5, 5.41) is 3.60. The number of nitrogens with two attached hydrogens (primary N) is 1. The summed E-state index contributed by atoms with van der Waals surface area (Å²) >= 11 is 0. The molecule has 0 radical (unpaired) electrons. The van der Waals surface area contributed by atoms with Crippen molar-refractivity contribution in [3.8, 4) is 5.75 Å². The number of nitrogens with zero attached hydrogens (tertiary/aromatic N) is 2. The molecule has 2 rings (SSSR count). The van der Waals surface area contributed by atoms with Gasteiger partial charge < -0.3 is 15.0 Å². The average Bonchev–Trinajstić information content (AvgIpc) is 2.81. The molecule has 16 heavy (non-hydrogen) atoms. The van der Waals surface area contributed by atoms with E-state index in [0.29, 0.717) is 11.4 Å². The molecule has 84 valence electrons. The first-order valence-corrected chi connectivity index (χ1v) is 4.57. The van der Waals surface area contributed by atoms with Crippen LogP contribution in [0.5, 0.6) is 5.75 Å². The molecule has 1 atom stereocenters. The first-order valence-electron chi connectivity index (χ1n) is 4.57. The van der Waals surface area contributed by atoms with Gasteiger partial charge in [0, 0.05) is 0 Å². The van der Waals surface area contributed by atoms with Crippen molar-refractivity contribution in [1.82, 2.24) is 10.1 Å².